The van der Waals surface area contributed by atoms with E-state index in [4.69, 9.17) is 0 Å². The molecule has 1 aromatic rings. The second-order valence-corrected chi connectivity index (χ2v) is 3.89. The summed E-state index contributed by atoms with van der Waals surface area (Å²) in [6, 6.07) is 3.31. The van der Waals surface area contributed by atoms with E-state index in [1.807, 2.05) is 0 Å². The van der Waals surface area contributed by atoms with E-state index in [0.717, 1.165) is 17.7 Å². The van der Waals surface area contributed by atoms with Gasteiger partial charge in [-0.1, -0.05) is 6.07 Å². The molecule has 0 saturated carbocycles. The number of halogens is 3. The van der Waals surface area contributed by atoms with Gasteiger partial charge < -0.3 is 10.2 Å². The fourth-order valence-corrected chi connectivity index (χ4v) is 1.87. The predicted octanol–water partition coefficient (Wildman–Crippen LogP) is 2.36. The molecule has 0 aliphatic carbocycles. The first-order valence-corrected chi connectivity index (χ1v) is 5.07. The number of nitrogens with zero attached hydrogens (tertiary/aromatic N) is 1. The zero-order chi connectivity index (χ0) is 12.6. The van der Waals surface area contributed by atoms with Crippen LogP contribution >= 0.6 is 0 Å². The molecule has 1 N–H and O–H groups in total. The van der Waals surface area contributed by atoms with Crippen LogP contribution < -0.4 is 5.32 Å². The number of alkyl halides is 3. The van der Waals surface area contributed by atoms with Gasteiger partial charge in [0, 0.05) is 20.1 Å². The van der Waals surface area contributed by atoms with Crippen molar-refractivity contribution in [3.05, 3.63) is 34.9 Å². The Hall–Kier alpha value is -1.72. The van der Waals surface area contributed by atoms with Crippen molar-refractivity contribution in [1.29, 1.82) is 0 Å². The summed E-state index contributed by atoms with van der Waals surface area (Å²) in [6.07, 6.45) is -4.34. The molecule has 0 atom stereocenters. The van der Waals surface area contributed by atoms with Crippen LogP contribution in [0.2, 0.25) is 0 Å². The highest BCUT2D eigenvalue weighted by atomic mass is 19.4. The number of amides is 2. The minimum Gasteiger partial charge on any atom is -0.341 e. The van der Waals surface area contributed by atoms with Crippen LogP contribution in [0.4, 0.5) is 18.0 Å². The largest absolute Gasteiger partial charge is 0.416 e. The number of carbonyl (C=O) groups excluding carboxylic acids is 1. The van der Waals surface area contributed by atoms with Crippen molar-refractivity contribution in [2.24, 2.45) is 0 Å². The lowest BCUT2D eigenvalue weighted by atomic mass is 10.1. The molecule has 92 valence electrons. The molecule has 17 heavy (non-hydrogen) atoms. The van der Waals surface area contributed by atoms with E-state index in [0.29, 0.717) is 12.1 Å². The van der Waals surface area contributed by atoms with Crippen LogP contribution in [-0.2, 0) is 19.3 Å². The Bertz CT molecular complexity index is 457. The van der Waals surface area contributed by atoms with Crippen LogP contribution in [0.3, 0.4) is 0 Å². The summed E-state index contributed by atoms with van der Waals surface area (Å²) in [5.41, 5.74) is 0.653. The van der Waals surface area contributed by atoms with Crippen molar-refractivity contribution in [2.45, 2.75) is 19.3 Å². The average Bonchev–Trinajstić information content (AvgIpc) is 2.69. The first kappa shape index (κ1) is 11.8. The molecule has 0 fully saturated rings. The van der Waals surface area contributed by atoms with Crippen LogP contribution in [0, 0.1) is 0 Å². The summed E-state index contributed by atoms with van der Waals surface area (Å²) in [5, 5.41) is 2.45. The molecule has 1 aliphatic heterocycles. The maximum Gasteiger partial charge on any atom is 0.416 e. The van der Waals surface area contributed by atoms with Crippen LogP contribution in [0.15, 0.2) is 18.2 Å². The number of nitrogens with one attached hydrogen (secondary N) is 1. The van der Waals surface area contributed by atoms with Gasteiger partial charge in [-0.15, -0.1) is 0 Å². The second kappa shape index (κ2) is 3.94. The third-order valence-corrected chi connectivity index (χ3v) is 2.76. The van der Waals surface area contributed by atoms with Crippen LogP contribution in [-0.4, -0.2) is 18.0 Å². The summed E-state index contributed by atoms with van der Waals surface area (Å²) in [6.45, 7) is 0.575. The molecule has 0 aromatic heterocycles. The third kappa shape index (κ3) is 2.20. The highest BCUT2D eigenvalue weighted by molar-refractivity contribution is 5.74. The number of hydrogen-bond donors (Lipinski definition) is 1. The van der Waals surface area contributed by atoms with Crippen molar-refractivity contribution in [3.8, 4) is 0 Å². The third-order valence-electron chi connectivity index (χ3n) is 2.76. The highest BCUT2D eigenvalue weighted by Crippen LogP contribution is 2.33. The van der Waals surface area contributed by atoms with Gasteiger partial charge in [-0.3, -0.25) is 0 Å². The lowest BCUT2D eigenvalue weighted by Gasteiger charge is -2.13. The van der Waals surface area contributed by atoms with Crippen molar-refractivity contribution < 1.29 is 18.0 Å². The summed E-state index contributed by atoms with van der Waals surface area (Å²) in [4.78, 5) is 12.8. The minimum absolute atomic E-state index is 0.221. The maximum absolute atomic E-state index is 12.5. The molecular weight excluding hydrogens is 233 g/mol. The lowest BCUT2D eigenvalue weighted by molar-refractivity contribution is -0.137. The summed E-state index contributed by atoms with van der Waals surface area (Å²) in [7, 11) is 1.49. The fraction of sp³-hybridized carbons (Fsp3) is 0.364. The van der Waals surface area contributed by atoms with Gasteiger partial charge in [0.15, 0.2) is 0 Å². The molecule has 6 heteroatoms. The molecule has 1 aromatic carbocycles. The van der Waals surface area contributed by atoms with Crippen molar-refractivity contribution in [2.75, 3.05) is 7.05 Å². The topological polar surface area (TPSA) is 32.3 Å². The summed E-state index contributed by atoms with van der Waals surface area (Å²) in [5.74, 6) is 0. The van der Waals surface area contributed by atoms with E-state index >= 15 is 0 Å². The van der Waals surface area contributed by atoms with E-state index < -0.39 is 11.7 Å². The first-order valence-electron chi connectivity index (χ1n) is 5.07. The van der Waals surface area contributed by atoms with Gasteiger partial charge in [0.05, 0.1) is 5.56 Å². The van der Waals surface area contributed by atoms with E-state index in [1.54, 1.807) is 0 Å². The molecule has 0 radical (unpaired) electrons. The molecule has 0 bridgehead atoms. The predicted molar refractivity (Wildman–Crippen MR) is 55.1 cm³/mol. The molecule has 2 amide bonds. The van der Waals surface area contributed by atoms with Gasteiger partial charge in [-0.25, -0.2) is 4.79 Å². The molecule has 0 spiro atoms. The Morgan fingerprint density at radius 3 is 2.53 bits per heavy atom. The number of urea groups is 1. The molecule has 2 rings (SSSR count). The van der Waals surface area contributed by atoms with Gasteiger partial charge in [0.2, 0.25) is 0 Å². The van der Waals surface area contributed by atoms with Gasteiger partial charge >= 0.3 is 12.2 Å². The normalized spacial score (nSPS) is 14.7. The number of carbonyl (C=O) groups is 1. The van der Waals surface area contributed by atoms with Crippen molar-refractivity contribution in [3.63, 3.8) is 0 Å². The zero-order valence-electron chi connectivity index (χ0n) is 9.14. The van der Waals surface area contributed by atoms with E-state index in [-0.39, 0.29) is 12.6 Å². The molecule has 1 aliphatic rings. The van der Waals surface area contributed by atoms with Gasteiger partial charge in [0.1, 0.15) is 0 Å². The lowest BCUT2D eigenvalue weighted by Crippen LogP contribution is -2.33. The minimum atomic E-state index is -4.34. The van der Waals surface area contributed by atoms with E-state index in [2.05, 4.69) is 5.32 Å². The van der Waals surface area contributed by atoms with Crippen LogP contribution in [0.5, 0.6) is 0 Å². The molecule has 0 saturated heterocycles. The second-order valence-electron chi connectivity index (χ2n) is 3.89. The average molecular weight is 244 g/mol. The number of fused-ring (bicyclic) bond motifs is 1. The first-order chi connectivity index (χ1) is 7.91. The number of hydrogen-bond acceptors (Lipinski definition) is 1. The molecule has 1 heterocycles. The Morgan fingerprint density at radius 2 is 1.94 bits per heavy atom. The molecule has 0 unspecified atom stereocenters. The summed E-state index contributed by atoms with van der Waals surface area (Å²) >= 11 is 0. The maximum atomic E-state index is 12.5. The standard InChI is InChI=1S/C11H11F3N2O/c1-15-10(17)16-5-7-2-3-9(11(12,13)14)4-8(7)6-16/h2-4H,5-6H2,1H3,(H,15,17). The van der Waals surface area contributed by atoms with Gasteiger partial charge in [-0.05, 0) is 23.3 Å². The van der Waals surface area contributed by atoms with Crippen molar-refractivity contribution >= 4 is 6.03 Å². The van der Waals surface area contributed by atoms with E-state index in [1.165, 1.54) is 18.0 Å². The Labute approximate surface area is 96.2 Å². The van der Waals surface area contributed by atoms with E-state index in [9.17, 15) is 18.0 Å². The number of rotatable bonds is 0. The Kier molecular flexibility index (Phi) is 2.73. The Balaban J connectivity index is 2.25. The Morgan fingerprint density at radius 1 is 1.29 bits per heavy atom. The highest BCUT2D eigenvalue weighted by Gasteiger charge is 2.32. The smallest absolute Gasteiger partial charge is 0.341 e. The molecule has 3 nitrogen and oxygen atoms in total. The quantitative estimate of drug-likeness (QED) is 0.746. The van der Waals surface area contributed by atoms with Crippen molar-refractivity contribution in [1.82, 2.24) is 10.2 Å². The molecular formula is C11H11F3N2O. The summed E-state index contributed by atoms with van der Waals surface area (Å²) < 4.78 is 37.5. The van der Waals surface area contributed by atoms with Gasteiger partial charge in [-0.2, -0.15) is 13.2 Å². The van der Waals surface area contributed by atoms with Crippen LogP contribution in [0.1, 0.15) is 16.7 Å². The van der Waals surface area contributed by atoms with Gasteiger partial charge in [0.25, 0.3) is 0 Å². The monoisotopic (exact) mass is 244 g/mol. The fourth-order valence-electron chi connectivity index (χ4n) is 1.87. The zero-order valence-corrected chi connectivity index (χ0v) is 9.14. The number of benzene rings is 1. The SMILES string of the molecule is CNC(=O)N1Cc2ccc(C(F)(F)F)cc2C1. The van der Waals surface area contributed by atoms with Crippen LogP contribution in [0.25, 0.3) is 0 Å².